The smallest absolute Gasteiger partial charge is 0.273 e. The van der Waals surface area contributed by atoms with E-state index in [2.05, 4.69) is 10.7 Å². The van der Waals surface area contributed by atoms with E-state index in [0.717, 1.165) is 0 Å². The number of non-ortho nitro benzene ring substituents is 1. The molecule has 1 aromatic carbocycles. The maximum atomic E-state index is 10.8. The number of rotatable bonds is 6. The van der Waals surface area contributed by atoms with Crippen LogP contribution in [0.15, 0.2) is 18.2 Å². The minimum Gasteiger partial charge on any atom is -0.391 e. The van der Waals surface area contributed by atoms with Crippen LogP contribution in [0.5, 0.6) is 0 Å². The third kappa shape index (κ3) is 5.41. The number of hydrazine groups is 1. The number of aliphatic hydroxyl groups excluding tert-OH is 1. The lowest BCUT2D eigenvalue weighted by molar-refractivity contribution is -0.384. The van der Waals surface area contributed by atoms with Crippen molar-refractivity contribution in [2.75, 3.05) is 17.3 Å². The van der Waals surface area contributed by atoms with Crippen LogP contribution >= 0.6 is 0 Å². The van der Waals surface area contributed by atoms with E-state index in [4.69, 9.17) is 5.84 Å². The highest BCUT2D eigenvalue weighted by Crippen LogP contribution is 2.25. The van der Waals surface area contributed by atoms with Crippen LogP contribution in [-0.2, 0) is 0 Å². The Morgan fingerprint density at radius 1 is 1.35 bits per heavy atom. The van der Waals surface area contributed by atoms with Gasteiger partial charge in [0.15, 0.2) is 0 Å². The van der Waals surface area contributed by atoms with Crippen molar-refractivity contribution in [1.82, 2.24) is 0 Å². The first-order valence-corrected chi connectivity index (χ1v) is 6.39. The lowest BCUT2D eigenvalue weighted by Crippen LogP contribution is -2.25. The molecule has 0 aromatic heterocycles. The number of hydrogen-bond acceptors (Lipinski definition) is 6. The van der Waals surface area contributed by atoms with Gasteiger partial charge in [0, 0.05) is 24.4 Å². The van der Waals surface area contributed by atoms with Crippen molar-refractivity contribution in [3.63, 3.8) is 0 Å². The molecule has 0 amide bonds. The molecular weight excluding hydrogens is 260 g/mol. The Bertz CT molecular complexity index is 471. The average Bonchev–Trinajstić information content (AvgIpc) is 2.33. The molecule has 1 unspecified atom stereocenters. The van der Waals surface area contributed by atoms with Gasteiger partial charge in [-0.2, -0.15) is 0 Å². The summed E-state index contributed by atoms with van der Waals surface area (Å²) >= 11 is 0. The first-order chi connectivity index (χ1) is 9.21. The first kappa shape index (κ1) is 16.2. The standard InChI is InChI=1S/C13H22N4O3/c1-13(2,3)7-12(18)8-15-9-4-10(16-14)6-11(5-9)17(19)20/h4-6,12,15-16,18H,7-8,14H2,1-3H3. The Balaban J connectivity index is 2.72. The third-order valence-corrected chi connectivity index (χ3v) is 2.69. The van der Waals surface area contributed by atoms with Gasteiger partial charge in [-0.1, -0.05) is 20.8 Å². The quantitative estimate of drug-likeness (QED) is 0.361. The Hall–Kier alpha value is -1.86. The Morgan fingerprint density at radius 2 is 1.95 bits per heavy atom. The highest BCUT2D eigenvalue weighted by atomic mass is 16.6. The molecule has 1 aromatic rings. The summed E-state index contributed by atoms with van der Waals surface area (Å²) < 4.78 is 0. The molecule has 0 heterocycles. The van der Waals surface area contributed by atoms with Gasteiger partial charge in [-0.3, -0.25) is 16.0 Å². The molecule has 1 rings (SSSR count). The summed E-state index contributed by atoms with van der Waals surface area (Å²) in [6.45, 7) is 6.45. The summed E-state index contributed by atoms with van der Waals surface area (Å²) in [6, 6.07) is 4.40. The molecule has 0 saturated carbocycles. The average molecular weight is 282 g/mol. The highest BCUT2D eigenvalue weighted by Gasteiger charge is 2.17. The summed E-state index contributed by atoms with van der Waals surface area (Å²) in [7, 11) is 0. The number of nitro benzene ring substituents is 1. The van der Waals surface area contributed by atoms with Crippen molar-refractivity contribution in [3.8, 4) is 0 Å². The van der Waals surface area contributed by atoms with E-state index in [-0.39, 0.29) is 11.1 Å². The minimum absolute atomic E-state index is 0.0216. The second-order valence-electron chi connectivity index (χ2n) is 5.97. The Kier molecular flexibility index (Phi) is 5.29. The van der Waals surface area contributed by atoms with Crippen molar-refractivity contribution < 1.29 is 10.0 Å². The van der Waals surface area contributed by atoms with Crippen molar-refractivity contribution in [1.29, 1.82) is 0 Å². The van der Waals surface area contributed by atoms with Gasteiger partial charge in [0.05, 0.1) is 16.7 Å². The predicted molar refractivity (Wildman–Crippen MR) is 79.5 cm³/mol. The Labute approximate surface area is 118 Å². The topological polar surface area (TPSA) is 113 Å². The minimum atomic E-state index is -0.524. The van der Waals surface area contributed by atoms with Crippen molar-refractivity contribution in [3.05, 3.63) is 28.3 Å². The molecule has 0 spiro atoms. The molecule has 0 bridgehead atoms. The van der Waals surface area contributed by atoms with Crippen LogP contribution in [0.3, 0.4) is 0 Å². The predicted octanol–water partition coefficient (Wildman–Crippen LogP) is 2.09. The normalized spacial score (nSPS) is 12.8. The lowest BCUT2D eigenvalue weighted by atomic mass is 9.89. The number of anilines is 2. The van der Waals surface area contributed by atoms with Gasteiger partial charge in [-0.05, 0) is 17.9 Å². The number of benzene rings is 1. The maximum absolute atomic E-state index is 10.8. The highest BCUT2D eigenvalue weighted by molar-refractivity contribution is 5.63. The molecule has 1 atom stereocenters. The monoisotopic (exact) mass is 282 g/mol. The molecular formula is C13H22N4O3. The van der Waals surface area contributed by atoms with E-state index in [1.54, 1.807) is 6.07 Å². The number of nitrogen functional groups attached to an aromatic ring is 1. The first-order valence-electron chi connectivity index (χ1n) is 6.39. The number of nitrogens with two attached hydrogens (primary N) is 1. The number of nitrogens with zero attached hydrogens (tertiary/aromatic N) is 1. The van der Waals surface area contributed by atoms with E-state index in [1.807, 2.05) is 20.8 Å². The summed E-state index contributed by atoms with van der Waals surface area (Å²) in [5.41, 5.74) is 3.32. The van der Waals surface area contributed by atoms with Gasteiger partial charge < -0.3 is 15.8 Å². The molecule has 20 heavy (non-hydrogen) atoms. The summed E-state index contributed by atoms with van der Waals surface area (Å²) in [5.74, 6) is 5.28. The zero-order valence-corrected chi connectivity index (χ0v) is 12.0. The second-order valence-corrected chi connectivity index (χ2v) is 5.97. The van der Waals surface area contributed by atoms with Crippen LogP contribution in [0, 0.1) is 15.5 Å². The largest absolute Gasteiger partial charge is 0.391 e. The number of nitro groups is 1. The van der Waals surface area contributed by atoms with E-state index >= 15 is 0 Å². The van der Waals surface area contributed by atoms with Gasteiger partial charge in [-0.25, -0.2) is 0 Å². The van der Waals surface area contributed by atoms with Crippen LogP contribution in [0.25, 0.3) is 0 Å². The fourth-order valence-corrected chi connectivity index (χ4v) is 1.92. The molecule has 0 aliphatic carbocycles. The maximum Gasteiger partial charge on any atom is 0.273 e. The molecule has 0 aliphatic heterocycles. The van der Waals surface area contributed by atoms with Crippen LogP contribution in [0.1, 0.15) is 27.2 Å². The fraction of sp³-hybridized carbons (Fsp3) is 0.538. The molecule has 0 radical (unpaired) electrons. The zero-order valence-electron chi connectivity index (χ0n) is 12.0. The lowest BCUT2D eigenvalue weighted by Gasteiger charge is -2.22. The fourth-order valence-electron chi connectivity index (χ4n) is 1.92. The molecule has 0 fully saturated rings. The molecule has 0 saturated heterocycles. The molecule has 7 nitrogen and oxygen atoms in total. The van der Waals surface area contributed by atoms with Crippen molar-refractivity contribution >= 4 is 17.1 Å². The van der Waals surface area contributed by atoms with E-state index in [9.17, 15) is 15.2 Å². The van der Waals surface area contributed by atoms with E-state index in [0.29, 0.717) is 24.3 Å². The van der Waals surface area contributed by atoms with Crippen molar-refractivity contribution in [2.24, 2.45) is 11.3 Å². The van der Waals surface area contributed by atoms with Gasteiger partial charge in [-0.15, -0.1) is 0 Å². The van der Waals surface area contributed by atoms with Gasteiger partial charge in [0.1, 0.15) is 0 Å². The van der Waals surface area contributed by atoms with Crippen molar-refractivity contribution in [2.45, 2.75) is 33.3 Å². The number of aliphatic hydroxyl groups is 1. The van der Waals surface area contributed by atoms with Gasteiger partial charge in [0.25, 0.3) is 5.69 Å². The number of nitrogens with one attached hydrogen (secondary N) is 2. The molecule has 0 aliphatic rings. The SMILES string of the molecule is CC(C)(C)CC(O)CNc1cc(NN)cc([N+](=O)[O-])c1. The molecule has 5 N–H and O–H groups in total. The summed E-state index contributed by atoms with van der Waals surface area (Å²) in [5, 5.41) is 23.7. The van der Waals surface area contributed by atoms with Crippen LogP contribution in [-0.4, -0.2) is 22.7 Å². The van der Waals surface area contributed by atoms with Crippen LogP contribution in [0.4, 0.5) is 17.1 Å². The summed E-state index contributed by atoms with van der Waals surface area (Å²) in [6.07, 6.45) is 0.111. The van der Waals surface area contributed by atoms with E-state index in [1.165, 1.54) is 12.1 Å². The Morgan fingerprint density at radius 3 is 2.45 bits per heavy atom. The second kappa shape index (κ2) is 6.53. The van der Waals surface area contributed by atoms with Crippen LogP contribution < -0.4 is 16.6 Å². The molecule has 112 valence electrons. The zero-order chi connectivity index (χ0) is 15.3. The summed E-state index contributed by atoms with van der Waals surface area (Å²) in [4.78, 5) is 10.3. The van der Waals surface area contributed by atoms with Gasteiger partial charge in [0.2, 0.25) is 0 Å². The van der Waals surface area contributed by atoms with Gasteiger partial charge >= 0.3 is 0 Å². The molecule has 7 heteroatoms. The van der Waals surface area contributed by atoms with Crippen LogP contribution in [0.2, 0.25) is 0 Å². The third-order valence-electron chi connectivity index (χ3n) is 2.69. The van der Waals surface area contributed by atoms with E-state index < -0.39 is 11.0 Å². The number of hydrogen-bond donors (Lipinski definition) is 4.